The summed E-state index contributed by atoms with van der Waals surface area (Å²) in [4.78, 5) is 0. The molecular weight excluding hydrogens is 217 g/mol. The number of halogens is 1. The molecule has 90 valence electrons. The van der Waals surface area contributed by atoms with E-state index in [1.807, 2.05) is 27.1 Å². The molecule has 2 aromatic rings. The maximum absolute atomic E-state index is 13.3. The van der Waals surface area contributed by atoms with E-state index in [1.165, 1.54) is 6.07 Å². The molecule has 0 bridgehead atoms. The van der Waals surface area contributed by atoms with Gasteiger partial charge in [-0.05, 0) is 43.3 Å². The van der Waals surface area contributed by atoms with Gasteiger partial charge in [-0.1, -0.05) is 6.07 Å². The fourth-order valence-corrected chi connectivity index (χ4v) is 2.05. The van der Waals surface area contributed by atoms with E-state index < -0.39 is 0 Å². The molecule has 1 heterocycles. The molecule has 1 aromatic heterocycles. The monoisotopic (exact) mass is 233 g/mol. The molecule has 0 radical (unpaired) electrons. The molecule has 1 N–H and O–H groups in total. The van der Waals surface area contributed by atoms with Crippen molar-refractivity contribution in [2.24, 2.45) is 7.05 Å². The second-order valence-electron chi connectivity index (χ2n) is 4.10. The van der Waals surface area contributed by atoms with Gasteiger partial charge in [0.2, 0.25) is 0 Å². The molecule has 0 aliphatic carbocycles. The van der Waals surface area contributed by atoms with E-state index in [-0.39, 0.29) is 11.9 Å². The lowest BCUT2D eigenvalue weighted by atomic mass is 9.98. The van der Waals surface area contributed by atoms with E-state index in [2.05, 4.69) is 10.4 Å². The van der Waals surface area contributed by atoms with Crippen LogP contribution in [0.15, 0.2) is 30.5 Å². The molecule has 0 saturated heterocycles. The molecule has 0 aliphatic heterocycles. The summed E-state index contributed by atoms with van der Waals surface area (Å²) in [5.41, 5.74) is 3.02. The van der Waals surface area contributed by atoms with Crippen molar-refractivity contribution in [3.05, 3.63) is 53.1 Å². The molecule has 1 atom stereocenters. The minimum Gasteiger partial charge on any atom is -0.308 e. The van der Waals surface area contributed by atoms with Gasteiger partial charge in [-0.2, -0.15) is 5.10 Å². The number of nitrogens with one attached hydrogen (secondary N) is 1. The van der Waals surface area contributed by atoms with Gasteiger partial charge in [0.25, 0.3) is 0 Å². The van der Waals surface area contributed by atoms with Crippen LogP contribution in [-0.4, -0.2) is 16.8 Å². The lowest BCUT2D eigenvalue weighted by Crippen LogP contribution is -2.21. The summed E-state index contributed by atoms with van der Waals surface area (Å²) in [5, 5.41) is 7.35. The molecule has 0 aliphatic rings. The normalized spacial score (nSPS) is 12.7. The number of nitrogens with zero attached hydrogens (tertiary/aromatic N) is 2. The first kappa shape index (κ1) is 11.8. The summed E-state index contributed by atoms with van der Waals surface area (Å²) < 4.78 is 15.1. The summed E-state index contributed by atoms with van der Waals surface area (Å²) >= 11 is 0. The van der Waals surface area contributed by atoms with E-state index in [0.29, 0.717) is 0 Å². The minimum atomic E-state index is -0.215. The number of hydrogen-bond acceptors (Lipinski definition) is 2. The molecule has 2 rings (SSSR count). The van der Waals surface area contributed by atoms with E-state index in [0.717, 1.165) is 16.8 Å². The smallest absolute Gasteiger partial charge is 0.123 e. The van der Waals surface area contributed by atoms with Crippen molar-refractivity contribution in [2.75, 3.05) is 7.05 Å². The third-order valence-corrected chi connectivity index (χ3v) is 3.00. The first-order valence-electron chi connectivity index (χ1n) is 5.54. The minimum absolute atomic E-state index is 0.0433. The molecule has 3 nitrogen and oxygen atoms in total. The lowest BCUT2D eigenvalue weighted by molar-refractivity contribution is 0.589. The van der Waals surface area contributed by atoms with Crippen LogP contribution in [0.25, 0.3) is 0 Å². The number of benzene rings is 1. The summed E-state index contributed by atoms with van der Waals surface area (Å²) in [7, 11) is 3.75. The average molecular weight is 233 g/mol. The van der Waals surface area contributed by atoms with Crippen LogP contribution in [0.2, 0.25) is 0 Å². The Labute approximate surface area is 100 Å². The third-order valence-electron chi connectivity index (χ3n) is 3.00. The Hall–Kier alpha value is -1.68. The van der Waals surface area contributed by atoms with Crippen molar-refractivity contribution in [3.63, 3.8) is 0 Å². The van der Waals surface area contributed by atoms with Crippen molar-refractivity contribution in [1.29, 1.82) is 0 Å². The molecule has 0 amide bonds. The van der Waals surface area contributed by atoms with Crippen LogP contribution >= 0.6 is 0 Å². The highest BCUT2D eigenvalue weighted by molar-refractivity contribution is 5.34. The van der Waals surface area contributed by atoms with E-state index in [1.54, 1.807) is 23.0 Å². The zero-order valence-corrected chi connectivity index (χ0v) is 10.2. The zero-order valence-electron chi connectivity index (χ0n) is 10.2. The van der Waals surface area contributed by atoms with Gasteiger partial charge in [0, 0.05) is 13.2 Å². The maximum atomic E-state index is 13.3. The molecule has 0 saturated carbocycles. The van der Waals surface area contributed by atoms with Gasteiger partial charge in [-0.25, -0.2) is 4.39 Å². The van der Waals surface area contributed by atoms with Gasteiger partial charge in [-0.3, -0.25) is 4.68 Å². The Morgan fingerprint density at radius 3 is 2.71 bits per heavy atom. The Kier molecular flexibility index (Phi) is 3.24. The summed E-state index contributed by atoms with van der Waals surface area (Å²) in [5.74, 6) is -0.215. The Morgan fingerprint density at radius 2 is 2.12 bits per heavy atom. The number of rotatable bonds is 3. The third kappa shape index (κ3) is 2.22. The Morgan fingerprint density at radius 1 is 1.35 bits per heavy atom. The predicted molar refractivity (Wildman–Crippen MR) is 65.2 cm³/mol. The molecule has 0 fully saturated rings. The summed E-state index contributed by atoms with van der Waals surface area (Å²) in [6.45, 7) is 1.98. The van der Waals surface area contributed by atoms with Gasteiger partial charge >= 0.3 is 0 Å². The molecule has 0 spiro atoms. The Bertz CT molecular complexity index is 519. The van der Waals surface area contributed by atoms with E-state index in [4.69, 9.17) is 0 Å². The van der Waals surface area contributed by atoms with Crippen LogP contribution in [0.3, 0.4) is 0 Å². The topological polar surface area (TPSA) is 29.9 Å². The van der Waals surface area contributed by atoms with Gasteiger partial charge in [-0.15, -0.1) is 0 Å². The van der Waals surface area contributed by atoms with Gasteiger partial charge in [0.05, 0.1) is 11.7 Å². The molecule has 1 unspecified atom stereocenters. The summed E-state index contributed by atoms with van der Waals surface area (Å²) in [6, 6.07) is 6.74. The quantitative estimate of drug-likeness (QED) is 0.880. The van der Waals surface area contributed by atoms with Crippen molar-refractivity contribution < 1.29 is 4.39 Å². The highest BCUT2D eigenvalue weighted by atomic mass is 19.1. The number of hydrogen-bond donors (Lipinski definition) is 1. The van der Waals surface area contributed by atoms with Gasteiger partial charge < -0.3 is 5.32 Å². The van der Waals surface area contributed by atoms with Crippen molar-refractivity contribution >= 4 is 0 Å². The van der Waals surface area contributed by atoms with E-state index >= 15 is 0 Å². The van der Waals surface area contributed by atoms with Gasteiger partial charge in [0.15, 0.2) is 0 Å². The van der Waals surface area contributed by atoms with Crippen molar-refractivity contribution in [3.8, 4) is 0 Å². The van der Waals surface area contributed by atoms with Gasteiger partial charge in [0.1, 0.15) is 5.82 Å². The van der Waals surface area contributed by atoms with Crippen LogP contribution < -0.4 is 5.32 Å². The molecule has 17 heavy (non-hydrogen) atoms. The Balaban J connectivity index is 2.49. The molecule has 1 aromatic carbocycles. The van der Waals surface area contributed by atoms with Crippen LogP contribution in [0.1, 0.15) is 22.9 Å². The molecule has 4 heteroatoms. The van der Waals surface area contributed by atoms with Crippen LogP contribution in [0.5, 0.6) is 0 Å². The predicted octanol–water partition coefficient (Wildman–Crippen LogP) is 2.18. The first-order chi connectivity index (χ1) is 8.13. The highest BCUT2D eigenvalue weighted by Crippen LogP contribution is 2.24. The number of aromatic nitrogens is 2. The van der Waals surface area contributed by atoms with Crippen molar-refractivity contribution in [1.82, 2.24) is 15.1 Å². The van der Waals surface area contributed by atoms with Crippen LogP contribution in [0, 0.1) is 12.7 Å². The number of aryl methyl sites for hydroxylation is 2. The first-order valence-corrected chi connectivity index (χ1v) is 5.54. The fraction of sp³-hybridized carbons (Fsp3) is 0.308. The molecular formula is C13H16FN3. The largest absolute Gasteiger partial charge is 0.308 e. The summed E-state index contributed by atoms with van der Waals surface area (Å²) in [6.07, 6.45) is 1.74. The lowest BCUT2D eigenvalue weighted by Gasteiger charge is -2.19. The average Bonchev–Trinajstić information content (AvgIpc) is 2.71. The second kappa shape index (κ2) is 4.67. The standard InChI is InChI=1S/C13H16FN3/c1-9-4-5-10(14)8-11(9)13(15-2)12-6-7-16-17(12)3/h4-8,13,15H,1-3H3. The fourth-order valence-electron chi connectivity index (χ4n) is 2.05. The van der Waals surface area contributed by atoms with Crippen molar-refractivity contribution in [2.45, 2.75) is 13.0 Å². The maximum Gasteiger partial charge on any atom is 0.123 e. The second-order valence-corrected chi connectivity index (χ2v) is 4.10. The zero-order chi connectivity index (χ0) is 12.4. The highest BCUT2D eigenvalue weighted by Gasteiger charge is 2.17. The SMILES string of the molecule is CNC(c1cc(F)ccc1C)c1ccnn1C. The van der Waals surface area contributed by atoms with E-state index in [9.17, 15) is 4.39 Å². The van der Waals surface area contributed by atoms with Crippen LogP contribution in [0.4, 0.5) is 4.39 Å². The van der Waals surface area contributed by atoms with Crippen LogP contribution in [-0.2, 0) is 7.05 Å².